The van der Waals surface area contributed by atoms with Crippen LogP contribution in [0, 0.1) is 5.92 Å². The van der Waals surface area contributed by atoms with Gasteiger partial charge in [-0.2, -0.15) is 0 Å². The average molecular weight is 403 g/mol. The number of fused-ring (bicyclic) bond motifs is 3. The quantitative estimate of drug-likeness (QED) is 0.485. The third kappa shape index (κ3) is 3.56. The van der Waals surface area contributed by atoms with Crippen LogP contribution in [0.4, 0.5) is 0 Å². The Morgan fingerprint density at radius 3 is 2.60 bits per heavy atom. The number of amides is 1. The molecule has 6 heteroatoms. The predicted octanol–water partition coefficient (Wildman–Crippen LogP) is 4.79. The molecule has 2 aromatic heterocycles. The molecule has 0 aliphatic carbocycles. The number of carbonyl (C=O) groups is 1. The number of para-hydroxylation sites is 1. The molecule has 4 aromatic rings. The number of nitrogens with zero attached hydrogens (tertiary/aromatic N) is 1. The molecule has 0 unspecified atom stereocenters. The number of rotatable bonds is 6. The SMILES string of the molecule is COc1ccc(-c2nc(C(=O)NCC(C)C)cc3c2[nH]c2ccccc23)c(OC)c1. The summed E-state index contributed by atoms with van der Waals surface area (Å²) in [5.74, 6) is 1.48. The standard InChI is InChI=1S/C24H25N3O3/c1-14(2)13-25-24(28)20-12-18-16-7-5-6-8-19(16)26-23(18)22(27-20)17-10-9-15(29-3)11-21(17)30-4/h5-12,14,26H,13H2,1-4H3,(H,25,28). The number of benzene rings is 2. The van der Waals surface area contributed by atoms with E-state index in [0.717, 1.165) is 27.4 Å². The van der Waals surface area contributed by atoms with Crippen LogP contribution in [0.25, 0.3) is 33.1 Å². The first-order valence-electron chi connectivity index (χ1n) is 9.94. The lowest BCUT2D eigenvalue weighted by Crippen LogP contribution is -2.28. The number of hydrogen-bond donors (Lipinski definition) is 2. The van der Waals surface area contributed by atoms with E-state index < -0.39 is 0 Å². The molecule has 0 saturated heterocycles. The van der Waals surface area contributed by atoms with Gasteiger partial charge in [-0.3, -0.25) is 4.79 Å². The predicted molar refractivity (Wildman–Crippen MR) is 119 cm³/mol. The molecule has 0 atom stereocenters. The van der Waals surface area contributed by atoms with Crippen LogP contribution in [0.1, 0.15) is 24.3 Å². The van der Waals surface area contributed by atoms with Gasteiger partial charge in [0, 0.05) is 34.5 Å². The molecule has 4 rings (SSSR count). The molecule has 0 spiro atoms. The van der Waals surface area contributed by atoms with Crippen molar-refractivity contribution < 1.29 is 14.3 Å². The molecule has 0 saturated carbocycles. The summed E-state index contributed by atoms with van der Waals surface area (Å²) in [6, 6.07) is 15.5. The molecular weight excluding hydrogens is 378 g/mol. The minimum absolute atomic E-state index is 0.190. The molecular formula is C24H25N3O3. The first-order chi connectivity index (χ1) is 14.5. The summed E-state index contributed by atoms with van der Waals surface area (Å²) in [6.07, 6.45) is 0. The summed E-state index contributed by atoms with van der Waals surface area (Å²) in [4.78, 5) is 21.1. The fourth-order valence-electron chi connectivity index (χ4n) is 3.54. The number of aromatic amines is 1. The van der Waals surface area contributed by atoms with Gasteiger partial charge < -0.3 is 19.8 Å². The second-order valence-corrected chi connectivity index (χ2v) is 7.62. The first-order valence-corrected chi connectivity index (χ1v) is 9.94. The topological polar surface area (TPSA) is 76.2 Å². The molecule has 0 fully saturated rings. The van der Waals surface area contributed by atoms with E-state index in [9.17, 15) is 4.79 Å². The number of H-pyrrole nitrogens is 1. The van der Waals surface area contributed by atoms with Crippen LogP contribution in [-0.2, 0) is 0 Å². The second-order valence-electron chi connectivity index (χ2n) is 7.62. The van der Waals surface area contributed by atoms with Crippen molar-refractivity contribution in [2.45, 2.75) is 13.8 Å². The fourth-order valence-corrected chi connectivity index (χ4v) is 3.54. The van der Waals surface area contributed by atoms with Crippen molar-refractivity contribution in [3.05, 3.63) is 54.2 Å². The van der Waals surface area contributed by atoms with Crippen molar-refractivity contribution in [2.75, 3.05) is 20.8 Å². The van der Waals surface area contributed by atoms with Crippen LogP contribution < -0.4 is 14.8 Å². The molecule has 0 aliphatic heterocycles. The Balaban J connectivity index is 1.97. The zero-order valence-corrected chi connectivity index (χ0v) is 17.6. The Hall–Kier alpha value is -3.54. The Kier molecular flexibility index (Phi) is 5.31. The molecule has 6 nitrogen and oxygen atoms in total. The van der Waals surface area contributed by atoms with E-state index >= 15 is 0 Å². The number of nitrogens with one attached hydrogen (secondary N) is 2. The highest BCUT2D eigenvalue weighted by molar-refractivity contribution is 6.13. The lowest BCUT2D eigenvalue weighted by molar-refractivity contribution is 0.0944. The van der Waals surface area contributed by atoms with Crippen molar-refractivity contribution in [3.63, 3.8) is 0 Å². The third-order valence-electron chi connectivity index (χ3n) is 5.06. The third-order valence-corrected chi connectivity index (χ3v) is 5.06. The summed E-state index contributed by atoms with van der Waals surface area (Å²) in [6.45, 7) is 4.71. The number of methoxy groups -OCH3 is 2. The van der Waals surface area contributed by atoms with Gasteiger partial charge in [0.25, 0.3) is 5.91 Å². The monoisotopic (exact) mass is 403 g/mol. The van der Waals surface area contributed by atoms with E-state index in [1.807, 2.05) is 48.5 Å². The van der Waals surface area contributed by atoms with Crippen molar-refractivity contribution in [3.8, 4) is 22.8 Å². The summed E-state index contributed by atoms with van der Waals surface area (Å²) in [7, 11) is 3.22. The summed E-state index contributed by atoms with van der Waals surface area (Å²) >= 11 is 0. The van der Waals surface area contributed by atoms with Gasteiger partial charge >= 0.3 is 0 Å². The minimum atomic E-state index is -0.190. The molecule has 2 aromatic carbocycles. The van der Waals surface area contributed by atoms with Gasteiger partial charge in [0.1, 0.15) is 17.2 Å². The molecule has 0 bridgehead atoms. The van der Waals surface area contributed by atoms with Gasteiger partial charge in [-0.05, 0) is 30.2 Å². The van der Waals surface area contributed by atoms with Crippen LogP contribution in [0.15, 0.2) is 48.5 Å². The van der Waals surface area contributed by atoms with Crippen LogP contribution in [-0.4, -0.2) is 36.6 Å². The summed E-state index contributed by atoms with van der Waals surface area (Å²) in [5, 5.41) is 4.96. The Bertz CT molecular complexity index is 1230. The van der Waals surface area contributed by atoms with E-state index in [0.29, 0.717) is 35.3 Å². The van der Waals surface area contributed by atoms with Gasteiger partial charge in [-0.1, -0.05) is 32.0 Å². The Labute approximate surface area is 175 Å². The highest BCUT2D eigenvalue weighted by Gasteiger charge is 2.19. The molecule has 0 radical (unpaired) electrons. The summed E-state index contributed by atoms with van der Waals surface area (Å²) < 4.78 is 10.9. The Morgan fingerprint density at radius 2 is 1.87 bits per heavy atom. The smallest absolute Gasteiger partial charge is 0.269 e. The number of hydrogen-bond acceptors (Lipinski definition) is 4. The second kappa shape index (κ2) is 8.06. The molecule has 1 amide bonds. The molecule has 2 N–H and O–H groups in total. The van der Waals surface area contributed by atoms with E-state index in [1.165, 1.54) is 0 Å². The molecule has 154 valence electrons. The van der Waals surface area contributed by atoms with Gasteiger partial charge in [0.05, 0.1) is 25.4 Å². The van der Waals surface area contributed by atoms with E-state index in [2.05, 4.69) is 24.1 Å². The van der Waals surface area contributed by atoms with Gasteiger partial charge in [0.15, 0.2) is 0 Å². The maximum Gasteiger partial charge on any atom is 0.269 e. The summed E-state index contributed by atoms with van der Waals surface area (Å²) in [5.41, 5.74) is 3.68. The number of carbonyl (C=O) groups excluding carboxylic acids is 1. The zero-order valence-electron chi connectivity index (χ0n) is 17.6. The van der Waals surface area contributed by atoms with Crippen LogP contribution in [0.5, 0.6) is 11.5 Å². The van der Waals surface area contributed by atoms with Crippen LogP contribution in [0.2, 0.25) is 0 Å². The van der Waals surface area contributed by atoms with Crippen molar-refractivity contribution in [2.24, 2.45) is 5.92 Å². The van der Waals surface area contributed by atoms with Crippen LogP contribution >= 0.6 is 0 Å². The highest BCUT2D eigenvalue weighted by atomic mass is 16.5. The Morgan fingerprint density at radius 1 is 1.07 bits per heavy atom. The lowest BCUT2D eigenvalue weighted by Gasteiger charge is -2.13. The number of ether oxygens (including phenoxy) is 2. The van der Waals surface area contributed by atoms with Gasteiger partial charge in [-0.25, -0.2) is 4.98 Å². The largest absolute Gasteiger partial charge is 0.497 e. The van der Waals surface area contributed by atoms with Crippen molar-refractivity contribution in [1.82, 2.24) is 15.3 Å². The minimum Gasteiger partial charge on any atom is -0.497 e. The molecule has 2 heterocycles. The van der Waals surface area contributed by atoms with E-state index in [1.54, 1.807) is 14.2 Å². The highest BCUT2D eigenvalue weighted by Crippen LogP contribution is 2.38. The number of pyridine rings is 1. The van der Waals surface area contributed by atoms with Crippen molar-refractivity contribution >= 4 is 27.7 Å². The first kappa shape index (κ1) is 19.8. The van der Waals surface area contributed by atoms with Gasteiger partial charge in [-0.15, -0.1) is 0 Å². The van der Waals surface area contributed by atoms with Crippen molar-refractivity contribution in [1.29, 1.82) is 0 Å². The maximum absolute atomic E-state index is 12.9. The fraction of sp³-hybridized carbons (Fsp3) is 0.250. The van der Waals surface area contributed by atoms with E-state index in [4.69, 9.17) is 14.5 Å². The maximum atomic E-state index is 12.9. The molecule has 0 aliphatic rings. The average Bonchev–Trinajstić information content (AvgIpc) is 3.15. The van der Waals surface area contributed by atoms with Gasteiger partial charge in [0.2, 0.25) is 0 Å². The van der Waals surface area contributed by atoms with E-state index in [-0.39, 0.29) is 5.91 Å². The zero-order chi connectivity index (χ0) is 21.3. The van der Waals surface area contributed by atoms with Crippen LogP contribution in [0.3, 0.4) is 0 Å². The number of aromatic nitrogens is 2. The normalized spacial score (nSPS) is 11.2. The lowest BCUT2D eigenvalue weighted by atomic mass is 10.0. The molecule has 30 heavy (non-hydrogen) atoms.